The van der Waals surface area contributed by atoms with Crippen LogP contribution in [0, 0.1) is 0 Å². The summed E-state index contributed by atoms with van der Waals surface area (Å²) in [5.74, 6) is 0.0106. The Bertz CT molecular complexity index is 537. The molecule has 0 spiro atoms. The fraction of sp³-hybridized carbons (Fsp3) is 0.667. The molecule has 1 aromatic carbocycles. The third kappa shape index (κ3) is 6.61. The van der Waals surface area contributed by atoms with Crippen molar-refractivity contribution >= 4 is 11.6 Å². The van der Waals surface area contributed by atoms with Crippen molar-refractivity contribution in [3.05, 3.63) is 29.8 Å². The molecule has 1 N–H and O–H groups in total. The molecule has 1 amide bonds. The van der Waals surface area contributed by atoms with E-state index in [1.807, 2.05) is 24.3 Å². The van der Waals surface area contributed by atoms with Gasteiger partial charge in [-0.2, -0.15) is 0 Å². The zero-order valence-electron chi connectivity index (χ0n) is 16.8. The molecule has 0 bridgehead atoms. The molecule has 0 aliphatic carbocycles. The Hall–Kier alpha value is -1.59. The van der Waals surface area contributed by atoms with Gasteiger partial charge >= 0.3 is 0 Å². The van der Waals surface area contributed by atoms with Crippen LogP contribution in [0.2, 0.25) is 0 Å². The molecule has 1 aliphatic rings. The average molecular weight is 362 g/mol. The third-order valence-corrected chi connectivity index (χ3v) is 4.85. The summed E-state index contributed by atoms with van der Waals surface area (Å²) in [4.78, 5) is 16.9. The second-order valence-corrected chi connectivity index (χ2v) is 7.45. The van der Waals surface area contributed by atoms with Gasteiger partial charge in [-0.15, -0.1) is 0 Å². The minimum absolute atomic E-state index is 0.0106. The maximum absolute atomic E-state index is 12.3. The summed E-state index contributed by atoms with van der Waals surface area (Å²) in [5.41, 5.74) is 1.89. The SMILES string of the molecule is CCCCN(C)c1ccc(C(=O)NCCCN2CC(C)OC(C)C2)cc1. The van der Waals surface area contributed by atoms with Gasteiger partial charge < -0.3 is 15.0 Å². The monoisotopic (exact) mass is 361 g/mol. The maximum Gasteiger partial charge on any atom is 0.251 e. The van der Waals surface area contributed by atoms with Crippen LogP contribution in [0.4, 0.5) is 5.69 Å². The summed E-state index contributed by atoms with van der Waals surface area (Å²) >= 11 is 0. The minimum Gasteiger partial charge on any atom is -0.375 e. The number of ether oxygens (including phenoxy) is 1. The van der Waals surface area contributed by atoms with E-state index in [4.69, 9.17) is 4.74 Å². The molecule has 1 fully saturated rings. The number of hydrogen-bond acceptors (Lipinski definition) is 4. The fourth-order valence-corrected chi connectivity index (χ4v) is 3.47. The topological polar surface area (TPSA) is 44.8 Å². The van der Waals surface area contributed by atoms with E-state index in [0.717, 1.165) is 43.9 Å². The number of hydrogen-bond donors (Lipinski definition) is 1. The van der Waals surface area contributed by atoms with E-state index in [1.165, 1.54) is 12.8 Å². The van der Waals surface area contributed by atoms with Crippen LogP contribution in [0.1, 0.15) is 50.4 Å². The molecule has 5 nitrogen and oxygen atoms in total. The molecule has 0 aromatic heterocycles. The smallest absolute Gasteiger partial charge is 0.251 e. The Morgan fingerprint density at radius 3 is 2.46 bits per heavy atom. The predicted octanol–water partition coefficient (Wildman–Crippen LogP) is 3.15. The highest BCUT2D eigenvalue weighted by Gasteiger charge is 2.21. The zero-order valence-corrected chi connectivity index (χ0v) is 16.8. The van der Waals surface area contributed by atoms with Crippen LogP contribution in [-0.4, -0.2) is 62.8 Å². The first kappa shape index (κ1) is 20.7. The Morgan fingerprint density at radius 2 is 1.85 bits per heavy atom. The molecule has 0 saturated carbocycles. The molecule has 2 atom stereocenters. The summed E-state index contributed by atoms with van der Waals surface area (Å²) in [5, 5.41) is 3.03. The van der Waals surface area contributed by atoms with E-state index >= 15 is 0 Å². The number of carbonyl (C=O) groups is 1. The van der Waals surface area contributed by atoms with Gasteiger partial charge in [-0.3, -0.25) is 9.69 Å². The second kappa shape index (κ2) is 10.5. The molecular weight excluding hydrogens is 326 g/mol. The van der Waals surface area contributed by atoms with E-state index < -0.39 is 0 Å². The van der Waals surface area contributed by atoms with Crippen molar-refractivity contribution in [2.75, 3.05) is 44.7 Å². The largest absolute Gasteiger partial charge is 0.375 e. The molecule has 2 unspecified atom stereocenters. The van der Waals surface area contributed by atoms with Gasteiger partial charge in [0.2, 0.25) is 0 Å². The average Bonchev–Trinajstić information content (AvgIpc) is 2.62. The Morgan fingerprint density at radius 1 is 1.19 bits per heavy atom. The lowest BCUT2D eigenvalue weighted by molar-refractivity contribution is -0.0679. The van der Waals surface area contributed by atoms with Gasteiger partial charge in [-0.25, -0.2) is 0 Å². The highest BCUT2D eigenvalue weighted by Crippen LogP contribution is 2.14. The van der Waals surface area contributed by atoms with Crippen LogP contribution in [0.5, 0.6) is 0 Å². The van der Waals surface area contributed by atoms with E-state index in [2.05, 4.69) is 42.9 Å². The van der Waals surface area contributed by atoms with Gasteiger partial charge in [0, 0.05) is 51.0 Å². The summed E-state index contributed by atoms with van der Waals surface area (Å²) in [7, 11) is 2.10. The van der Waals surface area contributed by atoms with Crippen molar-refractivity contribution in [1.29, 1.82) is 0 Å². The van der Waals surface area contributed by atoms with Crippen LogP contribution in [0.15, 0.2) is 24.3 Å². The number of benzene rings is 1. The summed E-state index contributed by atoms with van der Waals surface area (Å²) in [6.07, 6.45) is 3.92. The minimum atomic E-state index is 0.0106. The predicted molar refractivity (Wildman–Crippen MR) is 108 cm³/mol. The van der Waals surface area contributed by atoms with Crippen molar-refractivity contribution in [3.8, 4) is 0 Å². The number of amides is 1. The van der Waals surface area contributed by atoms with Crippen LogP contribution >= 0.6 is 0 Å². The highest BCUT2D eigenvalue weighted by atomic mass is 16.5. The van der Waals surface area contributed by atoms with Gasteiger partial charge in [-0.1, -0.05) is 13.3 Å². The summed E-state index contributed by atoms with van der Waals surface area (Å²) < 4.78 is 5.75. The number of morpholine rings is 1. The highest BCUT2D eigenvalue weighted by molar-refractivity contribution is 5.94. The molecule has 1 aromatic rings. The van der Waals surface area contributed by atoms with Gasteiger partial charge in [0.05, 0.1) is 12.2 Å². The normalized spacial score (nSPS) is 20.8. The molecule has 2 rings (SSSR count). The third-order valence-electron chi connectivity index (χ3n) is 4.85. The molecule has 26 heavy (non-hydrogen) atoms. The quantitative estimate of drug-likeness (QED) is 0.686. The maximum atomic E-state index is 12.3. The van der Waals surface area contributed by atoms with Crippen LogP contribution in [-0.2, 0) is 4.74 Å². The lowest BCUT2D eigenvalue weighted by atomic mass is 10.1. The van der Waals surface area contributed by atoms with Gasteiger partial charge in [0.15, 0.2) is 0 Å². The van der Waals surface area contributed by atoms with Crippen molar-refractivity contribution in [2.24, 2.45) is 0 Å². The number of rotatable bonds is 9. The first-order chi connectivity index (χ1) is 12.5. The van der Waals surface area contributed by atoms with E-state index in [1.54, 1.807) is 0 Å². The number of anilines is 1. The lowest BCUT2D eigenvalue weighted by Crippen LogP contribution is -2.46. The standard InChI is InChI=1S/C21H35N3O2/c1-5-6-13-23(4)20-10-8-19(9-11-20)21(25)22-12-7-14-24-15-17(2)26-18(3)16-24/h8-11,17-18H,5-7,12-16H2,1-4H3,(H,22,25). The number of nitrogens with one attached hydrogen (secondary N) is 1. The van der Waals surface area contributed by atoms with Crippen molar-refractivity contribution in [3.63, 3.8) is 0 Å². The fourth-order valence-electron chi connectivity index (χ4n) is 3.47. The van der Waals surface area contributed by atoms with E-state index in [-0.39, 0.29) is 5.91 Å². The molecule has 0 radical (unpaired) electrons. The molecule has 1 aliphatic heterocycles. The molecular formula is C21H35N3O2. The first-order valence-corrected chi connectivity index (χ1v) is 9.96. The number of carbonyl (C=O) groups excluding carboxylic acids is 1. The van der Waals surface area contributed by atoms with E-state index in [9.17, 15) is 4.79 Å². The number of nitrogens with zero attached hydrogens (tertiary/aromatic N) is 2. The lowest BCUT2D eigenvalue weighted by Gasteiger charge is -2.35. The summed E-state index contributed by atoms with van der Waals surface area (Å²) in [6, 6.07) is 7.89. The molecule has 146 valence electrons. The first-order valence-electron chi connectivity index (χ1n) is 9.96. The van der Waals surface area contributed by atoms with Crippen LogP contribution in [0.3, 0.4) is 0 Å². The second-order valence-electron chi connectivity index (χ2n) is 7.45. The van der Waals surface area contributed by atoms with Gasteiger partial charge in [0.1, 0.15) is 0 Å². The summed E-state index contributed by atoms with van der Waals surface area (Å²) in [6.45, 7) is 11.1. The van der Waals surface area contributed by atoms with Gasteiger partial charge in [-0.05, 0) is 51.0 Å². The van der Waals surface area contributed by atoms with Crippen LogP contribution < -0.4 is 10.2 Å². The Balaban J connectivity index is 1.70. The van der Waals surface area contributed by atoms with Crippen molar-refractivity contribution in [2.45, 2.75) is 52.2 Å². The zero-order chi connectivity index (χ0) is 18.9. The molecule has 1 heterocycles. The van der Waals surface area contributed by atoms with Gasteiger partial charge in [0.25, 0.3) is 5.91 Å². The molecule has 5 heteroatoms. The van der Waals surface area contributed by atoms with Crippen LogP contribution in [0.25, 0.3) is 0 Å². The molecule has 1 saturated heterocycles. The van der Waals surface area contributed by atoms with E-state index in [0.29, 0.717) is 18.8 Å². The Kier molecular flexibility index (Phi) is 8.39. The van der Waals surface area contributed by atoms with Crippen molar-refractivity contribution in [1.82, 2.24) is 10.2 Å². The number of unbranched alkanes of at least 4 members (excludes halogenated alkanes) is 1. The Labute approximate surface area is 158 Å². The van der Waals surface area contributed by atoms with Crippen molar-refractivity contribution < 1.29 is 9.53 Å².